The molecule has 0 unspecified atom stereocenters. The lowest BCUT2D eigenvalue weighted by atomic mass is 9.88. The van der Waals surface area contributed by atoms with E-state index in [0.717, 1.165) is 18.4 Å². The first kappa shape index (κ1) is 11.4. The Morgan fingerprint density at radius 2 is 1.71 bits per heavy atom. The second-order valence-corrected chi connectivity index (χ2v) is 5.56. The van der Waals surface area contributed by atoms with Gasteiger partial charge in [0.25, 0.3) is 0 Å². The molecule has 0 nitrogen and oxygen atoms in total. The van der Waals surface area contributed by atoms with Gasteiger partial charge in [0.15, 0.2) is 0 Å². The molecular weight excluding hydrogens is 249 g/mol. The maximum atomic E-state index is 12.9. The monoisotopic (exact) mass is 260 g/mol. The molecule has 0 N–H and O–H groups in total. The van der Waals surface area contributed by atoms with Crippen LogP contribution in [-0.2, 0) is 5.41 Å². The molecule has 0 saturated heterocycles. The third-order valence-electron chi connectivity index (χ3n) is 4.09. The first-order valence-electron chi connectivity index (χ1n) is 5.77. The quantitative estimate of drug-likeness (QED) is 0.731. The Balaban J connectivity index is 1.95. The van der Waals surface area contributed by atoms with Crippen molar-refractivity contribution in [3.63, 3.8) is 0 Å². The first-order chi connectivity index (χ1) is 7.94. The number of rotatable bonds is 2. The Morgan fingerprint density at radius 3 is 2.12 bits per heavy atom. The zero-order chi connectivity index (χ0) is 12.3. The van der Waals surface area contributed by atoms with Crippen LogP contribution in [0.25, 0.3) is 0 Å². The minimum atomic E-state index is -4.07. The summed E-state index contributed by atoms with van der Waals surface area (Å²) in [4.78, 5) is 0. The molecule has 1 aromatic carbocycles. The van der Waals surface area contributed by atoms with Gasteiger partial charge >= 0.3 is 6.18 Å². The van der Waals surface area contributed by atoms with Gasteiger partial charge in [-0.3, -0.25) is 0 Å². The average molecular weight is 261 g/mol. The van der Waals surface area contributed by atoms with Crippen LogP contribution < -0.4 is 0 Å². The minimum absolute atomic E-state index is 0.218. The van der Waals surface area contributed by atoms with Crippen LogP contribution in [0.2, 0.25) is 5.02 Å². The van der Waals surface area contributed by atoms with E-state index in [-0.39, 0.29) is 12.3 Å². The van der Waals surface area contributed by atoms with Gasteiger partial charge in [0.2, 0.25) is 0 Å². The minimum Gasteiger partial charge on any atom is -0.171 e. The predicted octanol–water partition coefficient (Wildman–Crippen LogP) is 4.57. The van der Waals surface area contributed by atoms with Crippen molar-refractivity contribution in [1.82, 2.24) is 0 Å². The molecule has 3 rings (SSSR count). The van der Waals surface area contributed by atoms with Crippen molar-refractivity contribution in [2.45, 2.75) is 30.9 Å². The molecular formula is C13H12ClF3. The summed E-state index contributed by atoms with van der Waals surface area (Å²) in [5.74, 6) is -0.932. The lowest BCUT2D eigenvalue weighted by molar-refractivity contribution is -0.153. The van der Waals surface area contributed by atoms with Gasteiger partial charge in [-0.1, -0.05) is 23.7 Å². The van der Waals surface area contributed by atoms with Crippen molar-refractivity contribution >= 4 is 11.6 Å². The molecule has 0 aromatic heterocycles. The van der Waals surface area contributed by atoms with Crippen molar-refractivity contribution in [3.05, 3.63) is 34.9 Å². The van der Waals surface area contributed by atoms with Gasteiger partial charge < -0.3 is 0 Å². The molecule has 17 heavy (non-hydrogen) atoms. The van der Waals surface area contributed by atoms with E-state index in [1.807, 2.05) is 0 Å². The topological polar surface area (TPSA) is 0 Å². The maximum Gasteiger partial charge on any atom is 0.392 e. The van der Waals surface area contributed by atoms with Gasteiger partial charge in [-0.05, 0) is 42.9 Å². The summed E-state index contributed by atoms with van der Waals surface area (Å²) in [6.07, 6.45) is -1.96. The molecule has 2 saturated carbocycles. The van der Waals surface area contributed by atoms with Gasteiger partial charge in [0.1, 0.15) is 0 Å². The highest BCUT2D eigenvalue weighted by Crippen LogP contribution is 2.70. The van der Waals surface area contributed by atoms with E-state index in [2.05, 4.69) is 0 Å². The second kappa shape index (κ2) is 3.41. The van der Waals surface area contributed by atoms with Crippen LogP contribution in [-0.4, -0.2) is 6.18 Å². The molecule has 2 fully saturated rings. The molecule has 0 amide bonds. The summed E-state index contributed by atoms with van der Waals surface area (Å²) in [7, 11) is 0. The van der Waals surface area contributed by atoms with Gasteiger partial charge in [-0.2, -0.15) is 13.2 Å². The normalized spacial score (nSPS) is 32.6. The fourth-order valence-electron chi connectivity index (χ4n) is 3.05. The van der Waals surface area contributed by atoms with Crippen LogP contribution >= 0.6 is 11.6 Å². The van der Waals surface area contributed by atoms with Crippen LogP contribution in [0.15, 0.2) is 24.3 Å². The Bertz CT molecular complexity index is 433. The van der Waals surface area contributed by atoms with Crippen molar-refractivity contribution < 1.29 is 13.2 Å². The molecule has 0 spiro atoms. The smallest absolute Gasteiger partial charge is 0.171 e. The molecule has 0 bridgehead atoms. The van der Waals surface area contributed by atoms with Crippen molar-refractivity contribution in [3.8, 4) is 0 Å². The number of halogens is 4. The SMILES string of the molecule is FC(F)(F)[C@@H]1C[C@]1(c1ccc(Cl)cc1)C1CC1. The zero-order valence-electron chi connectivity index (χ0n) is 9.10. The van der Waals surface area contributed by atoms with E-state index >= 15 is 0 Å². The summed E-state index contributed by atoms with van der Waals surface area (Å²) >= 11 is 5.78. The van der Waals surface area contributed by atoms with Crippen LogP contribution in [0.5, 0.6) is 0 Å². The highest BCUT2D eigenvalue weighted by atomic mass is 35.5. The third kappa shape index (κ3) is 1.75. The molecule has 2 atom stereocenters. The Morgan fingerprint density at radius 1 is 1.12 bits per heavy atom. The number of hydrogen-bond donors (Lipinski definition) is 0. The average Bonchev–Trinajstić information content (AvgIpc) is 3.11. The molecule has 0 aliphatic heterocycles. The van der Waals surface area contributed by atoms with E-state index in [4.69, 9.17) is 11.6 Å². The van der Waals surface area contributed by atoms with Crippen molar-refractivity contribution in [1.29, 1.82) is 0 Å². The van der Waals surface area contributed by atoms with E-state index in [9.17, 15) is 13.2 Å². The largest absolute Gasteiger partial charge is 0.392 e. The maximum absolute atomic E-state index is 12.9. The number of benzene rings is 1. The fraction of sp³-hybridized carbons (Fsp3) is 0.538. The molecule has 92 valence electrons. The van der Waals surface area contributed by atoms with Gasteiger partial charge in [-0.25, -0.2) is 0 Å². The molecule has 4 heteroatoms. The Kier molecular flexibility index (Phi) is 2.28. The molecule has 1 aromatic rings. The van der Waals surface area contributed by atoms with E-state index in [1.165, 1.54) is 0 Å². The van der Waals surface area contributed by atoms with Crippen LogP contribution in [0, 0.1) is 11.8 Å². The lowest BCUT2D eigenvalue weighted by Gasteiger charge is -2.19. The van der Waals surface area contributed by atoms with Crippen molar-refractivity contribution in [2.24, 2.45) is 11.8 Å². The number of alkyl halides is 3. The molecule has 2 aliphatic rings. The van der Waals surface area contributed by atoms with Crippen LogP contribution in [0.1, 0.15) is 24.8 Å². The lowest BCUT2D eigenvalue weighted by Crippen LogP contribution is -2.22. The Labute approximate surface area is 103 Å². The van der Waals surface area contributed by atoms with E-state index in [1.54, 1.807) is 24.3 Å². The summed E-state index contributed by atoms with van der Waals surface area (Å²) in [6.45, 7) is 0. The predicted molar refractivity (Wildman–Crippen MR) is 60.0 cm³/mol. The van der Waals surface area contributed by atoms with E-state index in [0.29, 0.717) is 5.02 Å². The van der Waals surface area contributed by atoms with Gasteiger partial charge in [-0.15, -0.1) is 0 Å². The second-order valence-electron chi connectivity index (χ2n) is 5.12. The van der Waals surface area contributed by atoms with Gasteiger partial charge in [0.05, 0.1) is 5.92 Å². The zero-order valence-corrected chi connectivity index (χ0v) is 9.85. The molecule has 2 aliphatic carbocycles. The highest BCUT2D eigenvalue weighted by molar-refractivity contribution is 6.30. The summed E-state index contributed by atoms with van der Waals surface area (Å²) < 4.78 is 38.6. The van der Waals surface area contributed by atoms with Crippen molar-refractivity contribution in [2.75, 3.05) is 0 Å². The summed E-state index contributed by atoms with van der Waals surface area (Å²) in [6, 6.07) is 6.89. The number of hydrogen-bond acceptors (Lipinski definition) is 0. The standard InChI is InChI=1S/C13H12ClF3/c14-10-5-3-9(4-6-10)12(8-1-2-8)7-11(12)13(15,16)17/h3-6,8,11H,1-2,7H2/t11-,12-/m1/s1. The highest BCUT2D eigenvalue weighted by Gasteiger charge is 2.71. The van der Waals surface area contributed by atoms with Gasteiger partial charge in [0, 0.05) is 10.4 Å². The van der Waals surface area contributed by atoms with E-state index < -0.39 is 17.5 Å². The fourth-order valence-corrected chi connectivity index (χ4v) is 3.18. The first-order valence-corrected chi connectivity index (χ1v) is 6.15. The Hall–Kier alpha value is -0.700. The molecule has 0 radical (unpaired) electrons. The summed E-state index contributed by atoms with van der Waals surface area (Å²) in [5.41, 5.74) is 0.176. The summed E-state index contributed by atoms with van der Waals surface area (Å²) in [5, 5.41) is 0.573. The molecule has 0 heterocycles. The van der Waals surface area contributed by atoms with Crippen LogP contribution in [0.4, 0.5) is 13.2 Å². The van der Waals surface area contributed by atoms with Crippen LogP contribution in [0.3, 0.4) is 0 Å². The third-order valence-corrected chi connectivity index (χ3v) is 4.34.